The Morgan fingerprint density at radius 1 is 1.02 bits per heavy atom. The van der Waals surface area contributed by atoms with Gasteiger partial charge < -0.3 is 25.0 Å². The third-order valence-corrected chi connectivity index (χ3v) is 10.8. The average Bonchev–Trinajstić information content (AvgIpc) is 3.56. The molecule has 0 saturated carbocycles. The summed E-state index contributed by atoms with van der Waals surface area (Å²) in [5.74, 6) is -0.177. The Kier molecular flexibility index (Phi) is 9.17. The predicted octanol–water partition coefficient (Wildman–Crippen LogP) is 6.77. The minimum absolute atomic E-state index is 0.0440. The Labute approximate surface area is 280 Å². The van der Waals surface area contributed by atoms with Crippen molar-refractivity contribution in [1.29, 1.82) is 0 Å². The van der Waals surface area contributed by atoms with Crippen molar-refractivity contribution in [2.45, 2.75) is 42.5 Å². The molecule has 4 amide bonds. The number of hydrogen-bond donors (Lipinski definition) is 2. The number of nitrogens with one attached hydrogen (secondary N) is 2. The normalized spacial score (nSPS) is 20.2. The molecule has 1 aromatic heterocycles. The Morgan fingerprint density at radius 2 is 1.71 bits per heavy atom. The Balaban J connectivity index is 1.46. The number of aromatic nitrogens is 1. The highest BCUT2D eigenvalue weighted by Gasteiger charge is 2.59. The molecule has 11 heteroatoms. The summed E-state index contributed by atoms with van der Waals surface area (Å²) in [4.78, 5) is 51.6. The van der Waals surface area contributed by atoms with E-state index in [1.54, 1.807) is 4.90 Å². The van der Waals surface area contributed by atoms with Crippen LogP contribution in [0, 0.1) is 6.92 Å². The highest BCUT2D eigenvalue weighted by Crippen LogP contribution is 2.55. The van der Waals surface area contributed by atoms with E-state index in [0.29, 0.717) is 44.3 Å². The molecule has 2 fully saturated rings. The first-order chi connectivity index (χ1) is 21.7. The largest absolute Gasteiger partial charge is 0.361 e. The number of urea groups is 1. The van der Waals surface area contributed by atoms with Crippen molar-refractivity contribution in [1.82, 2.24) is 25.0 Å². The van der Waals surface area contributed by atoms with Crippen molar-refractivity contribution in [3.05, 3.63) is 99.1 Å². The molecule has 0 radical (unpaired) electrons. The van der Waals surface area contributed by atoms with Crippen LogP contribution in [0.4, 0.5) is 4.79 Å². The number of nitrogens with zero attached hydrogens (tertiary/aromatic N) is 3. The molecule has 3 aromatic carbocycles. The summed E-state index contributed by atoms with van der Waals surface area (Å²) in [5.41, 5.74) is 3.81. The molecule has 4 aromatic rings. The Hall–Kier alpha value is -3.47. The fraction of sp³-hybridized carbons (Fsp3) is 0.324. The number of benzene rings is 3. The Morgan fingerprint density at radius 3 is 2.40 bits per heavy atom. The lowest BCUT2D eigenvalue weighted by Gasteiger charge is -2.42. The van der Waals surface area contributed by atoms with Crippen LogP contribution < -0.4 is 5.32 Å². The topological polar surface area (TPSA) is 88.8 Å². The van der Waals surface area contributed by atoms with E-state index in [4.69, 9.17) is 11.6 Å². The van der Waals surface area contributed by atoms with Gasteiger partial charge in [0.15, 0.2) is 0 Å². The number of likely N-dealkylation sites (tertiary alicyclic amines) is 1. The molecule has 45 heavy (non-hydrogen) atoms. The van der Waals surface area contributed by atoms with Crippen LogP contribution in [0.5, 0.6) is 0 Å². The van der Waals surface area contributed by atoms with E-state index in [0.717, 1.165) is 37.0 Å². The van der Waals surface area contributed by atoms with Crippen molar-refractivity contribution in [3.63, 3.8) is 0 Å². The molecule has 0 aliphatic carbocycles. The number of fused-ring (bicyclic) bond motifs is 1. The number of aromatic amines is 1. The number of H-pyrrole nitrogens is 1. The van der Waals surface area contributed by atoms with Crippen LogP contribution >= 0.6 is 39.3 Å². The minimum atomic E-state index is -1.16. The quantitative estimate of drug-likeness (QED) is 0.222. The molecule has 8 nitrogen and oxygen atoms in total. The molecule has 2 atom stereocenters. The van der Waals surface area contributed by atoms with Gasteiger partial charge in [-0.25, -0.2) is 4.79 Å². The summed E-state index contributed by atoms with van der Waals surface area (Å²) in [6.07, 6.45) is 1.96. The number of carbonyl (C=O) groups is 3. The fourth-order valence-electron chi connectivity index (χ4n) is 6.34. The van der Waals surface area contributed by atoms with Crippen molar-refractivity contribution in [3.8, 4) is 0 Å². The lowest BCUT2D eigenvalue weighted by molar-refractivity contribution is -0.136. The monoisotopic (exact) mass is 707 g/mol. The van der Waals surface area contributed by atoms with E-state index in [2.05, 4.69) is 26.2 Å². The number of aryl methyl sites for hydroxylation is 1. The van der Waals surface area contributed by atoms with Crippen LogP contribution in [0.15, 0.2) is 82.3 Å². The third kappa shape index (κ3) is 6.33. The van der Waals surface area contributed by atoms with Crippen LogP contribution in [0.25, 0.3) is 10.9 Å². The zero-order valence-electron chi connectivity index (χ0n) is 25.2. The number of piperazine rings is 1. The smallest absolute Gasteiger partial charge is 0.317 e. The van der Waals surface area contributed by atoms with Crippen molar-refractivity contribution in [2.24, 2.45) is 0 Å². The maximum atomic E-state index is 15.0. The van der Waals surface area contributed by atoms with Crippen LogP contribution in [0.1, 0.15) is 36.1 Å². The molecule has 0 spiro atoms. The molecular formula is C34H35BrClN5O3S. The van der Waals surface area contributed by atoms with Crippen molar-refractivity contribution >= 4 is 68.0 Å². The SMILES string of the molecule is CCNC(=O)N1CCN(C(=O)[C@]2(Sc3ccc(C)cc3)CC(=O)N(Cc3ccc(Br)cc3)C2c2c[nH]c3cc(Cl)ccc23)CC1. The zero-order valence-corrected chi connectivity index (χ0v) is 28.3. The summed E-state index contributed by atoms with van der Waals surface area (Å²) in [6, 6.07) is 21.0. The van der Waals surface area contributed by atoms with E-state index in [1.165, 1.54) is 11.8 Å². The zero-order chi connectivity index (χ0) is 31.7. The van der Waals surface area contributed by atoms with Gasteiger partial charge in [0.25, 0.3) is 0 Å². The lowest BCUT2D eigenvalue weighted by Crippen LogP contribution is -2.58. The molecule has 6 rings (SSSR count). The highest BCUT2D eigenvalue weighted by atomic mass is 79.9. The molecule has 3 heterocycles. The van der Waals surface area contributed by atoms with Gasteiger partial charge >= 0.3 is 6.03 Å². The maximum Gasteiger partial charge on any atom is 0.317 e. The van der Waals surface area contributed by atoms with Crippen LogP contribution in [-0.4, -0.2) is 75.0 Å². The van der Waals surface area contributed by atoms with Gasteiger partial charge in [-0.15, -0.1) is 11.8 Å². The second-order valence-electron chi connectivity index (χ2n) is 11.6. The summed E-state index contributed by atoms with van der Waals surface area (Å²) in [6.45, 7) is 6.45. The molecular weight excluding hydrogens is 674 g/mol. The number of amides is 4. The molecule has 2 saturated heterocycles. The van der Waals surface area contributed by atoms with Gasteiger partial charge in [-0.05, 0) is 55.8 Å². The van der Waals surface area contributed by atoms with Gasteiger partial charge in [-0.1, -0.05) is 63.4 Å². The predicted molar refractivity (Wildman–Crippen MR) is 182 cm³/mol. The van der Waals surface area contributed by atoms with Gasteiger partial charge in [0, 0.05) is 76.3 Å². The van der Waals surface area contributed by atoms with Crippen molar-refractivity contribution in [2.75, 3.05) is 32.7 Å². The van der Waals surface area contributed by atoms with Gasteiger partial charge in [0.2, 0.25) is 11.8 Å². The van der Waals surface area contributed by atoms with Gasteiger partial charge in [0.1, 0.15) is 4.75 Å². The fourth-order valence-corrected chi connectivity index (χ4v) is 8.25. The van der Waals surface area contributed by atoms with E-state index in [-0.39, 0.29) is 24.3 Å². The van der Waals surface area contributed by atoms with E-state index in [1.807, 2.05) is 96.6 Å². The summed E-state index contributed by atoms with van der Waals surface area (Å²) in [7, 11) is 0. The first-order valence-electron chi connectivity index (χ1n) is 15.1. The van der Waals surface area contributed by atoms with Crippen molar-refractivity contribution < 1.29 is 14.4 Å². The van der Waals surface area contributed by atoms with E-state index < -0.39 is 10.8 Å². The first kappa shape index (κ1) is 31.5. The van der Waals surface area contributed by atoms with E-state index in [9.17, 15) is 9.59 Å². The van der Waals surface area contributed by atoms with Crippen LogP contribution in [-0.2, 0) is 16.1 Å². The van der Waals surface area contributed by atoms with Gasteiger partial charge in [0.05, 0.1) is 12.5 Å². The molecule has 1 unspecified atom stereocenters. The number of halogens is 2. The highest BCUT2D eigenvalue weighted by molar-refractivity contribution is 9.10. The molecule has 2 aliphatic heterocycles. The number of thioether (sulfide) groups is 1. The lowest BCUT2D eigenvalue weighted by atomic mass is 9.90. The average molecular weight is 709 g/mol. The summed E-state index contributed by atoms with van der Waals surface area (Å²) in [5, 5.41) is 4.38. The molecule has 0 bridgehead atoms. The second-order valence-corrected chi connectivity index (χ2v) is 14.3. The minimum Gasteiger partial charge on any atom is -0.361 e. The number of hydrogen-bond acceptors (Lipinski definition) is 4. The van der Waals surface area contributed by atoms with E-state index >= 15 is 4.79 Å². The number of rotatable bonds is 7. The van der Waals surface area contributed by atoms with Crippen LogP contribution in [0.3, 0.4) is 0 Å². The van der Waals surface area contributed by atoms with Crippen LogP contribution in [0.2, 0.25) is 5.02 Å². The van der Waals surface area contributed by atoms with Gasteiger partial charge in [-0.3, -0.25) is 9.59 Å². The molecule has 2 N–H and O–H groups in total. The number of carbonyl (C=O) groups excluding carboxylic acids is 3. The first-order valence-corrected chi connectivity index (χ1v) is 17.1. The summed E-state index contributed by atoms with van der Waals surface area (Å²) >= 11 is 11.3. The Bertz CT molecular complexity index is 1720. The summed E-state index contributed by atoms with van der Waals surface area (Å²) < 4.78 is -0.208. The third-order valence-electron chi connectivity index (χ3n) is 8.59. The maximum absolute atomic E-state index is 15.0. The molecule has 2 aliphatic rings. The van der Waals surface area contributed by atoms with Gasteiger partial charge in [-0.2, -0.15) is 0 Å². The second kappa shape index (κ2) is 13.1. The standard InChI is InChI=1S/C34H35BrClN5O3S/c1-3-37-33(44)40-16-14-39(15-17-40)32(43)34(45-26-11-4-22(2)5-12-26)19-30(42)41(21-23-6-8-24(35)9-7-23)31(34)28-20-38-29-18-25(36)10-13-27(28)29/h4-13,18,20,31,38H,3,14-17,19,21H2,1-2H3,(H,37,44)/t31?,34-/m0/s1. The molecule has 234 valence electrons.